The molecule has 0 radical (unpaired) electrons. The lowest BCUT2D eigenvalue weighted by atomic mass is 9.87. The van der Waals surface area contributed by atoms with Crippen LogP contribution in [-0.4, -0.2) is 0 Å². The monoisotopic (exact) mass is 397 g/mol. The number of rotatable bonds is 5. The van der Waals surface area contributed by atoms with Gasteiger partial charge in [0, 0.05) is 0 Å². The lowest BCUT2D eigenvalue weighted by Gasteiger charge is -2.25. The van der Waals surface area contributed by atoms with Crippen LogP contribution in [0.15, 0.2) is 103 Å². The van der Waals surface area contributed by atoms with Gasteiger partial charge in [-0.3, -0.25) is 0 Å². The number of benzene rings is 3. The van der Waals surface area contributed by atoms with E-state index in [1.807, 2.05) is 0 Å². The van der Waals surface area contributed by atoms with Gasteiger partial charge in [0.05, 0.1) is 0 Å². The molecule has 0 saturated heterocycles. The second-order valence-electron chi connectivity index (χ2n) is 8.16. The van der Waals surface area contributed by atoms with Crippen LogP contribution in [0.2, 0.25) is 0 Å². The van der Waals surface area contributed by atoms with E-state index in [2.05, 4.69) is 124 Å². The molecule has 4 aromatic carbocycles. The van der Waals surface area contributed by atoms with E-state index in [0.29, 0.717) is 0 Å². The van der Waals surface area contributed by atoms with E-state index in [1.165, 1.54) is 21.5 Å². The average Bonchev–Trinajstić information content (AvgIpc) is 3.17. The molecule has 0 aliphatic rings. The maximum atomic E-state index is 6.36. The van der Waals surface area contributed by atoms with Gasteiger partial charge in [-0.25, -0.2) is 0 Å². The van der Waals surface area contributed by atoms with Crippen molar-refractivity contribution in [3.05, 3.63) is 109 Å². The van der Waals surface area contributed by atoms with Gasteiger partial charge in [-0.15, -0.1) is 0 Å². The summed E-state index contributed by atoms with van der Waals surface area (Å²) in [5, 5.41) is 3.90. The van der Waals surface area contributed by atoms with Crippen molar-refractivity contribution in [1.29, 1.82) is 0 Å². The van der Waals surface area contributed by atoms with Crippen LogP contribution in [0.3, 0.4) is 0 Å². The predicted molar refractivity (Wildman–Crippen MR) is 126 cm³/mol. The largest absolute Gasteiger partial charge is 0.528 e. The SMILES string of the molecule is CC(C)(C)c1ccc(Oc2cc[cH-]c2P(c2ccccc2)c2ccccc2)cc1. The maximum absolute atomic E-state index is 6.36. The van der Waals surface area contributed by atoms with Crippen LogP contribution in [0.5, 0.6) is 11.5 Å². The average molecular weight is 397 g/mol. The standard InChI is InChI=1S/C27H26OP/c1-27(2,3)21-17-19-22(20-18-21)28-25-15-10-16-26(25)29(23-11-6-4-7-12-23)24-13-8-5-9-14-24/h4-20H,1-3H3/q-1. The molecule has 29 heavy (non-hydrogen) atoms. The molecule has 0 aromatic heterocycles. The fraction of sp³-hybridized carbons (Fsp3) is 0.148. The molecule has 2 heteroatoms. The van der Waals surface area contributed by atoms with Crippen LogP contribution >= 0.6 is 7.92 Å². The van der Waals surface area contributed by atoms with E-state index < -0.39 is 7.92 Å². The highest BCUT2D eigenvalue weighted by Gasteiger charge is 2.16. The van der Waals surface area contributed by atoms with Crippen molar-refractivity contribution in [2.24, 2.45) is 0 Å². The highest BCUT2D eigenvalue weighted by Crippen LogP contribution is 2.38. The Morgan fingerprint density at radius 1 is 0.690 bits per heavy atom. The van der Waals surface area contributed by atoms with Crippen molar-refractivity contribution in [2.75, 3.05) is 0 Å². The first kappa shape index (κ1) is 19.6. The fourth-order valence-corrected chi connectivity index (χ4v) is 5.77. The quantitative estimate of drug-likeness (QED) is 0.286. The summed E-state index contributed by atoms with van der Waals surface area (Å²) in [6, 6.07) is 36.3. The molecule has 146 valence electrons. The molecule has 0 spiro atoms. The van der Waals surface area contributed by atoms with Crippen molar-refractivity contribution in [2.45, 2.75) is 26.2 Å². The van der Waals surface area contributed by atoms with Gasteiger partial charge in [-0.05, 0) is 47.4 Å². The number of ether oxygens (including phenoxy) is 1. The van der Waals surface area contributed by atoms with Gasteiger partial charge in [0.25, 0.3) is 0 Å². The van der Waals surface area contributed by atoms with Gasteiger partial charge < -0.3 is 4.74 Å². The van der Waals surface area contributed by atoms with Crippen molar-refractivity contribution < 1.29 is 4.74 Å². The Morgan fingerprint density at radius 3 is 1.76 bits per heavy atom. The number of hydrogen-bond donors (Lipinski definition) is 0. The molecule has 0 aliphatic heterocycles. The minimum absolute atomic E-state index is 0.138. The molecule has 0 amide bonds. The highest BCUT2D eigenvalue weighted by atomic mass is 31.1. The fourth-order valence-electron chi connectivity index (χ4n) is 3.40. The van der Waals surface area contributed by atoms with E-state index in [4.69, 9.17) is 4.74 Å². The second-order valence-corrected chi connectivity index (χ2v) is 10.3. The first-order valence-electron chi connectivity index (χ1n) is 9.97. The van der Waals surface area contributed by atoms with Gasteiger partial charge in [0.2, 0.25) is 0 Å². The van der Waals surface area contributed by atoms with Crippen LogP contribution in [0.25, 0.3) is 0 Å². The molecule has 0 aliphatic carbocycles. The molecule has 0 saturated carbocycles. The van der Waals surface area contributed by atoms with E-state index >= 15 is 0 Å². The Morgan fingerprint density at radius 2 is 1.24 bits per heavy atom. The Bertz CT molecular complexity index is 1000. The molecule has 1 nitrogen and oxygen atoms in total. The van der Waals surface area contributed by atoms with Gasteiger partial charge in [0.1, 0.15) is 5.75 Å². The Hall–Kier alpha value is -2.76. The van der Waals surface area contributed by atoms with Crippen LogP contribution in [0.1, 0.15) is 26.3 Å². The molecule has 4 aromatic rings. The first-order valence-corrected chi connectivity index (χ1v) is 11.3. The van der Waals surface area contributed by atoms with E-state index in [0.717, 1.165) is 11.5 Å². The van der Waals surface area contributed by atoms with Crippen LogP contribution in [0, 0.1) is 0 Å². The molecule has 0 N–H and O–H groups in total. The van der Waals surface area contributed by atoms with E-state index in [1.54, 1.807) is 0 Å². The highest BCUT2D eigenvalue weighted by molar-refractivity contribution is 7.80. The normalized spacial score (nSPS) is 11.6. The third-order valence-corrected chi connectivity index (χ3v) is 7.45. The second kappa shape index (κ2) is 8.31. The van der Waals surface area contributed by atoms with Crippen LogP contribution in [-0.2, 0) is 5.41 Å². The zero-order valence-electron chi connectivity index (χ0n) is 17.2. The minimum atomic E-state index is -0.676. The summed E-state index contributed by atoms with van der Waals surface area (Å²) in [5.74, 6) is 1.81. The lowest BCUT2D eigenvalue weighted by Crippen LogP contribution is -2.20. The van der Waals surface area contributed by atoms with Gasteiger partial charge >= 0.3 is 0 Å². The molecule has 4 rings (SSSR count). The van der Waals surface area contributed by atoms with Crippen LogP contribution < -0.4 is 20.7 Å². The molecule has 0 bridgehead atoms. The summed E-state index contributed by atoms with van der Waals surface area (Å²) in [7, 11) is -0.676. The predicted octanol–water partition coefficient (Wildman–Crippen LogP) is 6.25. The topological polar surface area (TPSA) is 9.23 Å². The smallest absolute Gasteiger partial charge is 0.109 e. The third-order valence-electron chi connectivity index (χ3n) is 4.97. The summed E-state index contributed by atoms with van der Waals surface area (Å²) in [4.78, 5) is 0. The summed E-state index contributed by atoms with van der Waals surface area (Å²) in [6.07, 6.45) is 0. The zero-order chi connectivity index (χ0) is 20.3. The Kier molecular flexibility index (Phi) is 5.60. The molecule has 0 heterocycles. The van der Waals surface area contributed by atoms with Gasteiger partial charge in [-0.1, -0.05) is 98.9 Å². The summed E-state index contributed by atoms with van der Waals surface area (Å²) in [6.45, 7) is 6.68. The molecule has 0 unspecified atom stereocenters. The third kappa shape index (κ3) is 4.47. The van der Waals surface area contributed by atoms with Crippen molar-refractivity contribution in [3.63, 3.8) is 0 Å². The minimum Gasteiger partial charge on any atom is -0.528 e. The van der Waals surface area contributed by atoms with Gasteiger partial charge in [-0.2, -0.15) is 18.2 Å². The Labute approximate surface area is 175 Å². The lowest BCUT2D eigenvalue weighted by molar-refractivity contribution is 0.487. The van der Waals surface area contributed by atoms with Crippen LogP contribution in [0.4, 0.5) is 0 Å². The molecular weight excluding hydrogens is 371 g/mol. The van der Waals surface area contributed by atoms with E-state index in [-0.39, 0.29) is 5.41 Å². The van der Waals surface area contributed by atoms with Gasteiger partial charge in [0.15, 0.2) is 0 Å². The van der Waals surface area contributed by atoms with Crippen molar-refractivity contribution in [1.82, 2.24) is 0 Å². The summed E-state index contributed by atoms with van der Waals surface area (Å²) < 4.78 is 6.36. The van der Waals surface area contributed by atoms with E-state index in [9.17, 15) is 0 Å². The summed E-state index contributed by atoms with van der Waals surface area (Å²) >= 11 is 0. The number of hydrogen-bond acceptors (Lipinski definition) is 1. The molecule has 0 atom stereocenters. The molecular formula is C27H26OP-. The summed E-state index contributed by atoms with van der Waals surface area (Å²) in [5.41, 5.74) is 1.45. The Balaban J connectivity index is 1.69. The maximum Gasteiger partial charge on any atom is 0.109 e. The molecule has 0 fully saturated rings. The first-order chi connectivity index (χ1) is 14.0. The van der Waals surface area contributed by atoms with Crippen molar-refractivity contribution in [3.8, 4) is 11.5 Å². The zero-order valence-corrected chi connectivity index (χ0v) is 18.1. The van der Waals surface area contributed by atoms with Crippen molar-refractivity contribution >= 4 is 23.8 Å².